The molecule has 2 aromatic rings. The van der Waals surface area contributed by atoms with E-state index in [2.05, 4.69) is 9.97 Å². The molecule has 0 bridgehead atoms. The maximum atomic E-state index is 10.9. The monoisotopic (exact) mass is 288 g/mol. The van der Waals surface area contributed by atoms with Crippen molar-refractivity contribution in [2.24, 2.45) is 5.73 Å². The van der Waals surface area contributed by atoms with Gasteiger partial charge in [-0.1, -0.05) is 6.42 Å². The van der Waals surface area contributed by atoms with Gasteiger partial charge < -0.3 is 10.5 Å². The van der Waals surface area contributed by atoms with Crippen molar-refractivity contribution in [3.63, 3.8) is 0 Å². The van der Waals surface area contributed by atoms with Crippen LogP contribution in [0.3, 0.4) is 0 Å². The first kappa shape index (κ1) is 13.7. The molecule has 0 radical (unpaired) electrons. The Kier molecular flexibility index (Phi) is 3.66. The van der Waals surface area contributed by atoms with Crippen LogP contribution in [0.2, 0.25) is 0 Å². The van der Waals surface area contributed by atoms with Crippen LogP contribution >= 0.6 is 0 Å². The lowest BCUT2D eigenvalue weighted by molar-refractivity contribution is -0.384. The molecule has 0 aliphatic heterocycles. The summed E-state index contributed by atoms with van der Waals surface area (Å²) in [5.41, 5.74) is 6.69. The Hall–Kier alpha value is -2.28. The molecule has 1 aliphatic carbocycles. The molecule has 1 fully saturated rings. The third-order valence-corrected chi connectivity index (χ3v) is 3.81. The van der Waals surface area contributed by atoms with Gasteiger partial charge in [-0.25, -0.2) is 9.97 Å². The van der Waals surface area contributed by atoms with E-state index < -0.39 is 4.92 Å². The van der Waals surface area contributed by atoms with Crippen LogP contribution in [-0.2, 0) is 0 Å². The third kappa shape index (κ3) is 2.78. The Morgan fingerprint density at radius 3 is 2.86 bits per heavy atom. The molecule has 7 nitrogen and oxygen atoms in total. The molecule has 1 aromatic heterocycles. The molecule has 110 valence electrons. The van der Waals surface area contributed by atoms with E-state index in [4.69, 9.17) is 10.5 Å². The fourth-order valence-electron chi connectivity index (χ4n) is 2.64. The molecule has 2 N–H and O–H groups in total. The standard InChI is InChI=1S/C14H16N4O3/c15-11-3-1-2-4-13(11)21-14-10-7-9(18(19)20)5-6-12(10)16-8-17-14/h5-8,11,13H,1-4,15H2. The number of non-ortho nitro benzene ring substituents is 1. The van der Waals surface area contributed by atoms with Crippen molar-refractivity contribution in [2.45, 2.75) is 37.8 Å². The van der Waals surface area contributed by atoms with Crippen LogP contribution in [0.4, 0.5) is 5.69 Å². The van der Waals surface area contributed by atoms with Gasteiger partial charge in [-0.3, -0.25) is 10.1 Å². The largest absolute Gasteiger partial charge is 0.472 e. The minimum absolute atomic E-state index is 0.00454. The molecule has 0 spiro atoms. The molecule has 2 unspecified atom stereocenters. The van der Waals surface area contributed by atoms with Gasteiger partial charge in [0.15, 0.2) is 0 Å². The van der Waals surface area contributed by atoms with Crippen molar-refractivity contribution in [1.82, 2.24) is 9.97 Å². The van der Waals surface area contributed by atoms with E-state index >= 15 is 0 Å². The number of rotatable bonds is 3. The first-order valence-electron chi connectivity index (χ1n) is 6.96. The van der Waals surface area contributed by atoms with Gasteiger partial charge in [0.25, 0.3) is 5.69 Å². The van der Waals surface area contributed by atoms with Gasteiger partial charge in [-0.05, 0) is 25.3 Å². The average molecular weight is 288 g/mol. The molecule has 2 atom stereocenters. The van der Waals surface area contributed by atoms with Gasteiger partial charge in [-0.15, -0.1) is 0 Å². The third-order valence-electron chi connectivity index (χ3n) is 3.81. The van der Waals surface area contributed by atoms with Crippen molar-refractivity contribution < 1.29 is 9.66 Å². The normalized spacial score (nSPS) is 22.1. The van der Waals surface area contributed by atoms with Crippen LogP contribution in [0, 0.1) is 10.1 Å². The second-order valence-corrected chi connectivity index (χ2v) is 5.24. The zero-order chi connectivity index (χ0) is 14.8. The van der Waals surface area contributed by atoms with Crippen molar-refractivity contribution in [3.8, 4) is 5.88 Å². The number of aromatic nitrogens is 2. The van der Waals surface area contributed by atoms with Crippen LogP contribution in [0.15, 0.2) is 24.5 Å². The van der Waals surface area contributed by atoms with Gasteiger partial charge in [0.1, 0.15) is 12.4 Å². The number of hydrogen-bond acceptors (Lipinski definition) is 6. The maximum absolute atomic E-state index is 10.9. The fourth-order valence-corrected chi connectivity index (χ4v) is 2.64. The first-order valence-corrected chi connectivity index (χ1v) is 6.96. The Bertz CT molecular complexity index is 676. The quantitative estimate of drug-likeness (QED) is 0.685. The average Bonchev–Trinajstić information content (AvgIpc) is 2.49. The number of nitrogens with two attached hydrogens (primary N) is 1. The Balaban J connectivity index is 1.97. The number of benzene rings is 1. The van der Waals surface area contributed by atoms with E-state index in [-0.39, 0.29) is 17.8 Å². The molecule has 0 saturated heterocycles. The zero-order valence-electron chi connectivity index (χ0n) is 11.4. The Morgan fingerprint density at radius 2 is 2.10 bits per heavy atom. The summed E-state index contributed by atoms with van der Waals surface area (Å²) in [5.74, 6) is 0.367. The SMILES string of the molecule is NC1CCCCC1Oc1ncnc2ccc([N+](=O)[O-])cc12. The summed E-state index contributed by atoms with van der Waals surface area (Å²) in [6, 6.07) is 4.44. The van der Waals surface area contributed by atoms with Gasteiger partial charge in [0, 0.05) is 18.2 Å². The number of ether oxygens (including phenoxy) is 1. The lowest BCUT2D eigenvalue weighted by atomic mass is 9.93. The number of nitro benzene ring substituents is 1. The number of fused-ring (bicyclic) bond motifs is 1. The molecule has 1 aliphatic rings. The van der Waals surface area contributed by atoms with E-state index in [0.717, 1.165) is 25.7 Å². The van der Waals surface area contributed by atoms with Gasteiger partial charge in [0.2, 0.25) is 5.88 Å². The highest BCUT2D eigenvalue weighted by molar-refractivity contribution is 5.85. The van der Waals surface area contributed by atoms with E-state index in [0.29, 0.717) is 16.8 Å². The summed E-state index contributed by atoms with van der Waals surface area (Å²) >= 11 is 0. The lowest BCUT2D eigenvalue weighted by Crippen LogP contribution is -2.41. The first-order chi connectivity index (χ1) is 10.1. The molecule has 0 amide bonds. The number of hydrogen-bond donors (Lipinski definition) is 1. The minimum Gasteiger partial charge on any atom is -0.472 e. The molecule has 3 rings (SSSR count). The Labute approximate surface area is 121 Å². The molecular formula is C14H16N4O3. The molecular weight excluding hydrogens is 272 g/mol. The highest BCUT2D eigenvalue weighted by Gasteiger charge is 2.24. The van der Waals surface area contributed by atoms with Crippen molar-refractivity contribution in [2.75, 3.05) is 0 Å². The summed E-state index contributed by atoms with van der Waals surface area (Å²) in [6.07, 6.45) is 5.28. The zero-order valence-corrected chi connectivity index (χ0v) is 11.4. The van der Waals surface area contributed by atoms with Gasteiger partial charge in [-0.2, -0.15) is 0 Å². The molecule has 1 heterocycles. The molecule has 7 heteroatoms. The maximum Gasteiger partial charge on any atom is 0.270 e. The summed E-state index contributed by atoms with van der Waals surface area (Å²) in [7, 11) is 0. The van der Waals surface area contributed by atoms with E-state index in [1.165, 1.54) is 18.5 Å². The summed E-state index contributed by atoms with van der Waals surface area (Å²) < 4.78 is 5.92. The summed E-state index contributed by atoms with van der Waals surface area (Å²) in [4.78, 5) is 18.7. The summed E-state index contributed by atoms with van der Waals surface area (Å²) in [5, 5.41) is 11.4. The number of nitro groups is 1. The number of nitrogens with zero attached hydrogens (tertiary/aromatic N) is 3. The van der Waals surface area contributed by atoms with E-state index in [9.17, 15) is 10.1 Å². The smallest absolute Gasteiger partial charge is 0.270 e. The van der Waals surface area contributed by atoms with E-state index in [1.54, 1.807) is 6.07 Å². The van der Waals surface area contributed by atoms with Crippen LogP contribution < -0.4 is 10.5 Å². The molecule has 1 aromatic carbocycles. The van der Waals surface area contributed by atoms with Crippen LogP contribution in [0.25, 0.3) is 10.9 Å². The van der Waals surface area contributed by atoms with Crippen molar-refractivity contribution in [1.29, 1.82) is 0 Å². The van der Waals surface area contributed by atoms with Crippen molar-refractivity contribution in [3.05, 3.63) is 34.6 Å². The van der Waals surface area contributed by atoms with Crippen LogP contribution in [-0.4, -0.2) is 27.0 Å². The van der Waals surface area contributed by atoms with E-state index in [1.807, 2.05) is 0 Å². The van der Waals surface area contributed by atoms with Gasteiger partial charge >= 0.3 is 0 Å². The molecule has 21 heavy (non-hydrogen) atoms. The highest BCUT2D eigenvalue weighted by atomic mass is 16.6. The second-order valence-electron chi connectivity index (χ2n) is 5.24. The summed E-state index contributed by atoms with van der Waals surface area (Å²) in [6.45, 7) is 0. The highest BCUT2D eigenvalue weighted by Crippen LogP contribution is 2.29. The Morgan fingerprint density at radius 1 is 1.29 bits per heavy atom. The topological polar surface area (TPSA) is 104 Å². The minimum atomic E-state index is -0.442. The van der Waals surface area contributed by atoms with Gasteiger partial charge in [0.05, 0.1) is 15.8 Å². The lowest BCUT2D eigenvalue weighted by Gasteiger charge is -2.28. The molecule has 1 saturated carbocycles. The fraction of sp³-hybridized carbons (Fsp3) is 0.429. The van der Waals surface area contributed by atoms with Crippen molar-refractivity contribution >= 4 is 16.6 Å². The predicted molar refractivity (Wildman–Crippen MR) is 77.1 cm³/mol. The van der Waals surface area contributed by atoms with Crippen LogP contribution in [0.5, 0.6) is 5.88 Å². The second kappa shape index (κ2) is 5.61. The predicted octanol–water partition coefficient (Wildman–Crippen LogP) is 2.19. The van der Waals surface area contributed by atoms with Crippen LogP contribution in [0.1, 0.15) is 25.7 Å².